The molecule has 0 saturated carbocycles. The number of anilines is 1. The zero-order valence-corrected chi connectivity index (χ0v) is 16.7. The molecule has 0 saturated heterocycles. The average Bonchev–Trinajstić information content (AvgIpc) is 3.03. The molecule has 156 valence electrons. The SMILES string of the molecule is Cc1ccc(C)n1NC(=O)c1ccc(O[C@@H](C)C(=O)Nc2cc(F)ccc2F)cc1. The molecule has 0 aliphatic carbocycles. The number of ether oxygens (including phenoxy) is 1. The quantitative estimate of drug-likeness (QED) is 0.637. The molecule has 3 rings (SSSR count). The Morgan fingerprint density at radius 3 is 2.23 bits per heavy atom. The lowest BCUT2D eigenvalue weighted by molar-refractivity contribution is -0.122. The first-order chi connectivity index (χ1) is 14.2. The van der Waals surface area contributed by atoms with E-state index >= 15 is 0 Å². The summed E-state index contributed by atoms with van der Waals surface area (Å²) >= 11 is 0. The average molecular weight is 413 g/mol. The van der Waals surface area contributed by atoms with Crippen LogP contribution in [-0.2, 0) is 4.79 Å². The van der Waals surface area contributed by atoms with E-state index in [2.05, 4.69) is 10.7 Å². The Bertz CT molecular complexity index is 1060. The van der Waals surface area contributed by atoms with Gasteiger partial charge in [0.15, 0.2) is 6.10 Å². The topological polar surface area (TPSA) is 72.4 Å². The Labute approximate surface area is 172 Å². The van der Waals surface area contributed by atoms with Crippen LogP contribution in [0.5, 0.6) is 5.75 Å². The largest absolute Gasteiger partial charge is 0.481 e. The Kier molecular flexibility index (Phi) is 6.15. The van der Waals surface area contributed by atoms with Gasteiger partial charge in [-0.1, -0.05) is 0 Å². The van der Waals surface area contributed by atoms with Crippen molar-refractivity contribution in [2.24, 2.45) is 0 Å². The molecule has 0 fully saturated rings. The highest BCUT2D eigenvalue weighted by Crippen LogP contribution is 2.18. The molecule has 0 aliphatic heterocycles. The highest BCUT2D eigenvalue weighted by atomic mass is 19.1. The van der Waals surface area contributed by atoms with Crippen molar-refractivity contribution < 1.29 is 23.1 Å². The summed E-state index contributed by atoms with van der Waals surface area (Å²) in [6, 6.07) is 12.8. The van der Waals surface area contributed by atoms with Crippen molar-refractivity contribution in [1.82, 2.24) is 4.68 Å². The van der Waals surface area contributed by atoms with Crippen LogP contribution >= 0.6 is 0 Å². The minimum absolute atomic E-state index is 0.266. The van der Waals surface area contributed by atoms with E-state index in [1.165, 1.54) is 6.92 Å². The standard InChI is InChI=1S/C22H21F2N3O3/c1-13-4-5-14(2)27(13)26-22(29)16-6-9-18(10-7-16)30-15(3)21(28)25-20-12-17(23)8-11-19(20)24/h4-12,15H,1-3H3,(H,25,28)(H,26,29)/t15-/m0/s1. The molecule has 1 atom stereocenters. The summed E-state index contributed by atoms with van der Waals surface area (Å²) in [5.41, 5.74) is 4.74. The van der Waals surface area contributed by atoms with Crippen molar-refractivity contribution >= 4 is 17.5 Å². The Morgan fingerprint density at radius 2 is 1.60 bits per heavy atom. The number of hydrogen-bond acceptors (Lipinski definition) is 3. The van der Waals surface area contributed by atoms with E-state index in [0.29, 0.717) is 11.3 Å². The van der Waals surface area contributed by atoms with Crippen LogP contribution in [0, 0.1) is 25.5 Å². The first-order valence-electron chi connectivity index (χ1n) is 9.23. The number of carbonyl (C=O) groups excluding carboxylic acids is 2. The number of aryl methyl sites for hydroxylation is 2. The maximum Gasteiger partial charge on any atom is 0.270 e. The highest BCUT2D eigenvalue weighted by Gasteiger charge is 2.17. The van der Waals surface area contributed by atoms with Gasteiger partial charge >= 0.3 is 0 Å². The predicted molar refractivity (Wildman–Crippen MR) is 109 cm³/mol. The van der Waals surface area contributed by atoms with Gasteiger partial charge in [0.25, 0.3) is 11.8 Å². The van der Waals surface area contributed by atoms with E-state index < -0.39 is 23.6 Å². The minimum Gasteiger partial charge on any atom is -0.481 e. The van der Waals surface area contributed by atoms with Gasteiger partial charge in [-0.15, -0.1) is 0 Å². The van der Waals surface area contributed by atoms with Crippen molar-refractivity contribution in [3.05, 3.63) is 83.2 Å². The van der Waals surface area contributed by atoms with Crippen LogP contribution in [0.15, 0.2) is 54.6 Å². The molecule has 2 aromatic carbocycles. The van der Waals surface area contributed by atoms with Crippen LogP contribution in [0.1, 0.15) is 28.7 Å². The zero-order chi connectivity index (χ0) is 21.8. The second-order valence-corrected chi connectivity index (χ2v) is 6.79. The number of rotatable bonds is 6. The summed E-state index contributed by atoms with van der Waals surface area (Å²) in [7, 11) is 0. The highest BCUT2D eigenvalue weighted by molar-refractivity contribution is 6.00. The van der Waals surface area contributed by atoms with Gasteiger partial charge in [-0.25, -0.2) is 8.78 Å². The van der Waals surface area contributed by atoms with Gasteiger partial charge in [-0.2, -0.15) is 0 Å². The van der Waals surface area contributed by atoms with Gasteiger partial charge in [0, 0.05) is 23.0 Å². The zero-order valence-electron chi connectivity index (χ0n) is 16.7. The smallest absolute Gasteiger partial charge is 0.270 e. The van der Waals surface area contributed by atoms with Crippen molar-refractivity contribution in [2.75, 3.05) is 10.7 Å². The number of carbonyl (C=O) groups is 2. The maximum atomic E-state index is 13.7. The molecule has 0 bridgehead atoms. The number of halogens is 2. The summed E-state index contributed by atoms with van der Waals surface area (Å²) in [4.78, 5) is 24.6. The number of aromatic nitrogens is 1. The van der Waals surface area contributed by atoms with Crippen molar-refractivity contribution in [3.63, 3.8) is 0 Å². The molecular weight excluding hydrogens is 392 g/mol. The number of hydrogen-bond donors (Lipinski definition) is 2. The summed E-state index contributed by atoms with van der Waals surface area (Å²) in [5, 5.41) is 2.29. The molecule has 0 unspecified atom stereocenters. The van der Waals surface area contributed by atoms with Gasteiger partial charge in [0.05, 0.1) is 5.69 Å². The number of amides is 2. The number of nitrogens with one attached hydrogen (secondary N) is 2. The van der Waals surface area contributed by atoms with Crippen LogP contribution in [0.3, 0.4) is 0 Å². The van der Waals surface area contributed by atoms with Crippen LogP contribution < -0.4 is 15.5 Å². The van der Waals surface area contributed by atoms with E-state index in [4.69, 9.17) is 4.74 Å². The van der Waals surface area contributed by atoms with E-state index in [0.717, 1.165) is 29.6 Å². The maximum absolute atomic E-state index is 13.7. The number of benzene rings is 2. The number of nitrogens with zero attached hydrogens (tertiary/aromatic N) is 1. The normalized spacial score (nSPS) is 11.6. The fraction of sp³-hybridized carbons (Fsp3) is 0.182. The molecule has 2 N–H and O–H groups in total. The minimum atomic E-state index is -0.975. The molecule has 30 heavy (non-hydrogen) atoms. The van der Waals surface area contributed by atoms with Gasteiger partial charge < -0.3 is 10.1 Å². The fourth-order valence-electron chi connectivity index (χ4n) is 2.78. The van der Waals surface area contributed by atoms with E-state index in [9.17, 15) is 18.4 Å². The molecule has 0 aliphatic rings. The Hall–Kier alpha value is -3.68. The van der Waals surface area contributed by atoms with Gasteiger partial charge in [-0.3, -0.25) is 19.7 Å². The Morgan fingerprint density at radius 1 is 0.967 bits per heavy atom. The van der Waals surface area contributed by atoms with Crippen LogP contribution in [-0.4, -0.2) is 22.6 Å². The third-order valence-corrected chi connectivity index (χ3v) is 4.47. The van der Waals surface area contributed by atoms with E-state index in [1.807, 2.05) is 26.0 Å². The molecule has 0 radical (unpaired) electrons. The van der Waals surface area contributed by atoms with Crippen LogP contribution in [0.25, 0.3) is 0 Å². The molecule has 1 heterocycles. The molecule has 0 spiro atoms. The predicted octanol–water partition coefficient (Wildman–Crippen LogP) is 4.17. The van der Waals surface area contributed by atoms with E-state index in [1.54, 1.807) is 28.9 Å². The van der Waals surface area contributed by atoms with Crippen molar-refractivity contribution in [2.45, 2.75) is 26.9 Å². The lowest BCUT2D eigenvalue weighted by Crippen LogP contribution is -2.30. The van der Waals surface area contributed by atoms with Crippen molar-refractivity contribution in [3.8, 4) is 5.75 Å². The summed E-state index contributed by atoms with van der Waals surface area (Å²) in [6.07, 6.45) is -0.975. The lowest BCUT2D eigenvalue weighted by Gasteiger charge is -2.16. The Balaban J connectivity index is 1.61. The monoisotopic (exact) mass is 413 g/mol. The summed E-state index contributed by atoms with van der Waals surface area (Å²) in [6.45, 7) is 5.24. The summed E-state index contributed by atoms with van der Waals surface area (Å²) < 4.78 is 34.1. The van der Waals surface area contributed by atoms with Gasteiger partial charge in [-0.05, 0) is 69.3 Å². The third-order valence-electron chi connectivity index (χ3n) is 4.47. The molecule has 1 aromatic heterocycles. The second-order valence-electron chi connectivity index (χ2n) is 6.79. The third kappa shape index (κ3) is 4.83. The molecule has 3 aromatic rings. The fourth-order valence-corrected chi connectivity index (χ4v) is 2.78. The second kappa shape index (κ2) is 8.77. The van der Waals surface area contributed by atoms with Crippen molar-refractivity contribution in [1.29, 1.82) is 0 Å². The first-order valence-corrected chi connectivity index (χ1v) is 9.23. The molecule has 8 heteroatoms. The first kappa shape index (κ1) is 21.0. The molecular formula is C22H21F2N3O3. The summed E-state index contributed by atoms with van der Waals surface area (Å²) in [5.74, 6) is -2.00. The molecule has 6 nitrogen and oxygen atoms in total. The van der Waals surface area contributed by atoms with Crippen LogP contribution in [0.4, 0.5) is 14.5 Å². The van der Waals surface area contributed by atoms with Crippen LogP contribution in [0.2, 0.25) is 0 Å². The van der Waals surface area contributed by atoms with Gasteiger partial charge in [0.2, 0.25) is 0 Å². The van der Waals surface area contributed by atoms with Gasteiger partial charge in [0.1, 0.15) is 17.4 Å². The molecule has 2 amide bonds. The lowest BCUT2D eigenvalue weighted by atomic mass is 10.2. The van der Waals surface area contributed by atoms with E-state index in [-0.39, 0.29) is 11.6 Å².